The van der Waals surface area contributed by atoms with E-state index in [4.69, 9.17) is 4.98 Å². The van der Waals surface area contributed by atoms with Gasteiger partial charge in [0.25, 0.3) is 0 Å². The van der Waals surface area contributed by atoms with E-state index in [1.807, 2.05) is 0 Å². The molecule has 3 aromatic rings. The van der Waals surface area contributed by atoms with Crippen LogP contribution < -0.4 is 0 Å². The van der Waals surface area contributed by atoms with Gasteiger partial charge in [-0.15, -0.1) is 0 Å². The van der Waals surface area contributed by atoms with E-state index >= 15 is 0 Å². The number of fused-ring (bicyclic) bond motifs is 3. The fourth-order valence-corrected chi connectivity index (χ4v) is 3.56. The minimum absolute atomic E-state index is 1.04. The predicted molar refractivity (Wildman–Crippen MR) is 101 cm³/mol. The summed E-state index contributed by atoms with van der Waals surface area (Å²) in [4.78, 5) is 4.84. The van der Waals surface area contributed by atoms with E-state index in [2.05, 4.69) is 91.0 Å². The van der Waals surface area contributed by atoms with Crippen LogP contribution in [0.4, 0.5) is 0 Å². The van der Waals surface area contributed by atoms with Crippen molar-refractivity contribution in [3.63, 3.8) is 0 Å². The molecule has 1 heteroatoms. The first-order valence-electron chi connectivity index (χ1n) is 8.17. The molecule has 24 heavy (non-hydrogen) atoms. The van der Waals surface area contributed by atoms with E-state index in [0.717, 1.165) is 11.0 Å². The Bertz CT molecular complexity index is 1100. The molecule has 0 radical (unpaired) electrons. The lowest BCUT2D eigenvalue weighted by Crippen LogP contribution is -1.88. The first-order chi connectivity index (χ1) is 11.9. The third kappa shape index (κ3) is 1.92. The van der Waals surface area contributed by atoms with E-state index in [-0.39, 0.29) is 0 Å². The quantitative estimate of drug-likeness (QED) is 0.338. The number of pyridine rings is 1. The molecule has 0 unspecified atom stereocenters. The van der Waals surface area contributed by atoms with Gasteiger partial charge in [-0.2, -0.15) is 0 Å². The Kier molecular flexibility index (Phi) is 2.86. The number of para-hydroxylation sites is 2. The number of rotatable bonds is 1. The van der Waals surface area contributed by atoms with Crippen molar-refractivity contribution in [3.05, 3.63) is 91.0 Å². The summed E-state index contributed by atoms with van der Waals surface area (Å²) in [6, 6.07) is 31.9. The summed E-state index contributed by atoms with van der Waals surface area (Å²) in [6.07, 6.45) is 0. The highest BCUT2D eigenvalue weighted by Crippen LogP contribution is 2.41. The van der Waals surface area contributed by atoms with Gasteiger partial charge in [0.15, 0.2) is 0 Å². The van der Waals surface area contributed by atoms with Gasteiger partial charge in [-0.1, -0.05) is 78.9 Å². The van der Waals surface area contributed by atoms with E-state index in [9.17, 15) is 0 Å². The second-order valence-electron chi connectivity index (χ2n) is 6.05. The molecule has 0 N–H and O–H groups in total. The van der Waals surface area contributed by atoms with Crippen molar-refractivity contribution in [2.45, 2.75) is 0 Å². The molecular weight excluding hydrogens is 290 g/mol. The van der Waals surface area contributed by atoms with Gasteiger partial charge in [-0.05, 0) is 28.8 Å². The molecule has 0 spiro atoms. The van der Waals surface area contributed by atoms with Crippen LogP contribution in [0.2, 0.25) is 0 Å². The summed E-state index contributed by atoms with van der Waals surface area (Å²) in [5, 5.41) is 2.41. The second kappa shape index (κ2) is 5.17. The SMILES string of the molecule is c1ccc2ccc(-c3c4ccccc4nc4ccccc34)c-2cc1. The van der Waals surface area contributed by atoms with Crippen LogP contribution in [-0.2, 0) is 0 Å². The van der Waals surface area contributed by atoms with Crippen molar-refractivity contribution >= 4 is 21.8 Å². The van der Waals surface area contributed by atoms with Gasteiger partial charge in [-0.3, -0.25) is 0 Å². The molecule has 0 atom stereocenters. The maximum Gasteiger partial charge on any atom is 0.0715 e. The zero-order valence-corrected chi connectivity index (χ0v) is 13.1. The molecule has 0 saturated heterocycles. The van der Waals surface area contributed by atoms with Gasteiger partial charge in [0.05, 0.1) is 11.0 Å². The molecule has 2 aromatic carbocycles. The number of benzene rings is 2. The molecule has 1 aromatic heterocycles. The van der Waals surface area contributed by atoms with Crippen molar-refractivity contribution in [1.29, 1.82) is 0 Å². The molecule has 1 nitrogen and oxygen atoms in total. The van der Waals surface area contributed by atoms with Gasteiger partial charge in [0.2, 0.25) is 0 Å². The fourth-order valence-electron chi connectivity index (χ4n) is 3.56. The number of aromatic nitrogens is 1. The standard InChI is InChI=1S/C23H15N/c1-2-8-16-14-15-18(17(16)9-3-1)23-19-10-4-6-12-21(19)24-22-13-7-5-11-20(22)23/h1-15H. The van der Waals surface area contributed by atoms with Crippen LogP contribution in [0.25, 0.3) is 44.1 Å². The first kappa shape index (κ1) is 13.3. The van der Waals surface area contributed by atoms with Crippen LogP contribution in [0.1, 0.15) is 0 Å². The van der Waals surface area contributed by atoms with E-state index < -0.39 is 0 Å². The van der Waals surface area contributed by atoms with Crippen LogP contribution >= 0.6 is 0 Å². The molecule has 5 rings (SSSR count). The lowest BCUT2D eigenvalue weighted by molar-refractivity contribution is 1.50. The Morgan fingerprint density at radius 2 is 1.08 bits per heavy atom. The summed E-state index contributed by atoms with van der Waals surface area (Å²) >= 11 is 0. The van der Waals surface area contributed by atoms with Crippen molar-refractivity contribution in [2.24, 2.45) is 0 Å². The van der Waals surface area contributed by atoms with E-state index in [0.29, 0.717) is 0 Å². The highest BCUT2D eigenvalue weighted by atomic mass is 14.7. The molecule has 0 bridgehead atoms. The average Bonchev–Trinajstić information content (AvgIpc) is 2.87. The number of hydrogen-bond donors (Lipinski definition) is 0. The maximum absolute atomic E-state index is 4.84. The third-order valence-electron chi connectivity index (χ3n) is 4.65. The molecule has 2 aliphatic carbocycles. The van der Waals surface area contributed by atoms with Crippen molar-refractivity contribution in [1.82, 2.24) is 4.98 Å². The van der Waals surface area contributed by atoms with Gasteiger partial charge in [0, 0.05) is 16.3 Å². The molecule has 1 heterocycles. The lowest BCUT2D eigenvalue weighted by Gasteiger charge is -2.11. The van der Waals surface area contributed by atoms with Crippen LogP contribution in [-0.4, -0.2) is 4.98 Å². The zero-order chi connectivity index (χ0) is 15.9. The Morgan fingerprint density at radius 1 is 0.458 bits per heavy atom. The van der Waals surface area contributed by atoms with Gasteiger partial charge < -0.3 is 0 Å². The predicted octanol–water partition coefficient (Wildman–Crippen LogP) is 6.16. The number of hydrogen-bond acceptors (Lipinski definition) is 1. The Morgan fingerprint density at radius 3 is 1.83 bits per heavy atom. The molecule has 0 amide bonds. The molecule has 2 aliphatic rings. The fraction of sp³-hybridized carbons (Fsp3) is 0. The maximum atomic E-state index is 4.84. The zero-order valence-electron chi connectivity index (χ0n) is 13.1. The minimum atomic E-state index is 1.04. The summed E-state index contributed by atoms with van der Waals surface area (Å²) in [5.41, 5.74) is 7.18. The first-order valence-corrected chi connectivity index (χ1v) is 8.17. The molecule has 112 valence electrons. The Balaban J connectivity index is 1.97. The summed E-state index contributed by atoms with van der Waals surface area (Å²) in [6.45, 7) is 0. The lowest BCUT2D eigenvalue weighted by atomic mass is 9.95. The topological polar surface area (TPSA) is 12.9 Å². The smallest absolute Gasteiger partial charge is 0.0715 e. The summed E-state index contributed by atoms with van der Waals surface area (Å²) in [7, 11) is 0. The van der Waals surface area contributed by atoms with Crippen molar-refractivity contribution in [3.8, 4) is 22.3 Å². The van der Waals surface area contributed by atoms with Crippen molar-refractivity contribution < 1.29 is 0 Å². The summed E-state index contributed by atoms with van der Waals surface area (Å²) in [5.74, 6) is 0. The van der Waals surface area contributed by atoms with Gasteiger partial charge in [-0.25, -0.2) is 4.98 Å². The summed E-state index contributed by atoms with van der Waals surface area (Å²) < 4.78 is 0. The van der Waals surface area contributed by atoms with E-state index in [1.165, 1.54) is 33.0 Å². The van der Waals surface area contributed by atoms with Crippen LogP contribution in [0.15, 0.2) is 91.0 Å². The Labute approximate surface area is 140 Å². The van der Waals surface area contributed by atoms with Gasteiger partial charge in [0.1, 0.15) is 0 Å². The molecular formula is C23H15N. The van der Waals surface area contributed by atoms with Crippen LogP contribution in [0.3, 0.4) is 0 Å². The highest BCUT2D eigenvalue weighted by molar-refractivity contribution is 6.12. The average molecular weight is 305 g/mol. The van der Waals surface area contributed by atoms with Crippen LogP contribution in [0.5, 0.6) is 0 Å². The minimum Gasteiger partial charge on any atom is -0.248 e. The highest BCUT2D eigenvalue weighted by Gasteiger charge is 2.16. The monoisotopic (exact) mass is 305 g/mol. The Hall–Kier alpha value is -3.19. The molecule has 0 saturated carbocycles. The van der Waals surface area contributed by atoms with E-state index in [1.54, 1.807) is 0 Å². The third-order valence-corrected chi connectivity index (χ3v) is 4.65. The normalized spacial score (nSPS) is 11.3. The van der Waals surface area contributed by atoms with Gasteiger partial charge >= 0.3 is 0 Å². The molecule has 0 aliphatic heterocycles. The second-order valence-corrected chi connectivity index (χ2v) is 6.05. The molecule has 0 fully saturated rings. The number of nitrogens with zero attached hydrogens (tertiary/aromatic N) is 1. The van der Waals surface area contributed by atoms with Crippen LogP contribution in [0, 0.1) is 0 Å². The largest absolute Gasteiger partial charge is 0.248 e. The van der Waals surface area contributed by atoms with Crippen molar-refractivity contribution in [2.75, 3.05) is 0 Å².